The number of nitro benzene ring substituents is 1. The molecule has 0 atom stereocenters. The third-order valence-electron chi connectivity index (χ3n) is 4.17. The van der Waals surface area contributed by atoms with E-state index >= 15 is 0 Å². The third kappa shape index (κ3) is 4.21. The van der Waals surface area contributed by atoms with Crippen molar-refractivity contribution in [3.8, 4) is 0 Å². The SMILES string of the molecule is O=C(O)C1CCC(Nc2ccc(S(=O)(=O)C(F)F)cc2[N+](=O)[O-])CC1. The Labute approximate surface area is 141 Å². The molecule has 8 nitrogen and oxygen atoms in total. The van der Waals surface area contributed by atoms with Crippen LogP contribution in [0.25, 0.3) is 0 Å². The Kier molecular flexibility index (Phi) is 5.55. The van der Waals surface area contributed by atoms with Crippen LogP contribution in [0.2, 0.25) is 0 Å². The molecule has 1 aliphatic carbocycles. The molecule has 2 rings (SSSR count). The summed E-state index contributed by atoms with van der Waals surface area (Å²) >= 11 is 0. The number of carboxylic acid groups (broad SMARTS) is 1. The van der Waals surface area contributed by atoms with Gasteiger partial charge >= 0.3 is 11.7 Å². The first kappa shape index (κ1) is 19.0. The van der Waals surface area contributed by atoms with Crippen molar-refractivity contribution >= 4 is 27.2 Å². The summed E-state index contributed by atoms with van der Waals surface area (Å²) in [7, 11) is -4.93. The van der Waals surface area contributed by atoms with E-state index in [-0.39, 0.29) is 11.7 Å². The number of carbonyl (C=O) groups is 1. The zero-order valence-electron chi connectivity index (χ0n) is 12.9. The second-order valence-corrected chi connectivity index (χ2v) is 7.69. The van der Waals surface area contributed by atoms with Crippen LogP contribution >= 0.6 is 0 Å². The van der Waals surface area contributed by atoms with Gasteiger partial charge in [-0.05, 0) is 37.8 Å². The molecule has 0 saturated heterocycles. The Morgan fingerprint density at radius 3 is 2.36 bits per heavy atom. The molecule has 1 aromatic rings. The van der Waals surface area contributed by atoms with Crippen LogP contribution in [0.5, 0.6) is 0 Å². The van der Waals surface area contributed by atoms with Crippen LogP contribution in [0.4, 0.5) is 20.2 Å². The summed E-state index contributed by atoms with van der Waals surface area (Å²) in [6.07, 6.45) is 1.79. The van der Waals surface area contributed by atoms with Gasteiger partial charge in [0.25, 0.3) is 5.69 Å². The van der Waals surface area contributed by atoms with Crippen LogP contribution in [-0.4, -0.2) is 36.2 Å². The molecule has 1 fully saturated rings. The fourth-order valence-electron chi connectivity index (χ4n) is 2.77. The number of sulfone groups is 1. The molecule has 1 saturated carbocycles. The summed E-state index contributed by atoms with van der Waals surface area (Å²) in [5.74, 6) is -5.00. The zero-order valence-corrected chi connectivity index (χ0v) is 13.7. The van der Waals surface area contributed by atoms with E-state index in [1.807, 2.05) is 0 Å². The topological polar surface area (TPSA) is 127 Å². The Bertz CT molecular complexity index is 776. The van der Waals surface area contributed by atoms with Crippen molar-refractivity contribution in [1.29, 1.82) is 0 Å². The summed E-state index contributed by atoms with van der Waals surface area (Å²) < 4.78 is 48.1. The summed E-state index contributed by atoms with van der Waals surface area (Å²) in [6, 6.07) is 2.36. The van der Waals surface area contributed by atoms with Gasteiger partial charge in [0.2, 0.25) is 9.84 Å². The molecule has 25 heavy (non-hydrogen) atoms. The van der Waals surface area contributed by atoms with Crippen LogP contribution in [0.15, 0.2) is 23.1 Å². The van der Waals surface area contributed by atoms with E-state index in [2.05, 4.69) is 5.32 Å². The first-order valence-corrected chi connectivity index (χ1v) is 8.97. The van der Waals surface area contributed by atoms with E-state index in [4.69, 9.17) is 5.11 Å². The van der Waals surface area contributed by atoms with Crippen molar-refractivity contribution in [3.63, 3.8) is 0 Å². The minimum Gasteiger partial charge on any atom is -0.481 e. The number of nitrogens with one attached hydrogen (secondary N) is 1. The van der Waals surface area contributed by atoms with E-state index in [1.165, 1.54) is 0 Å². The lowest BCUT2D eigenvalue weighted by molar-refractivity contribution is -0.384. The maximum absolute atomic E-state index is 12.6. The Balaban J connectivity index is 2.22. The van der Waals surface area contributed by atoms with Crippen LogP contribution in [0.3, 0.4) is 0 Å². The van der Waals surface area contributed by atoms with Gasteiger partial charge in [-0.1, -0.05) is 0 Å². The average Bonchev–Trinajstić information content (AvgIpc) is 2.55. The lowest BCUT2D eigenvalue weighted by Gasteiger charge is -2.27. The molecule has 0 radical (unpaired) electrons. The molecule has 1 aromatic carbocycles. The van der Waals surface area contributed by atoms with Gasteiger partial charge in [-0.3, -0.25) is 14.9 Å². The maximum atomic E-state index is 12.6. The molecule has 0 aliphatic heterocycles. The van der Waals surface area contributed by atoms with Gasteiger partial charge in [0.1, 0.15) is 5.69 Å². The number of alkyl halides is 2. The molecule has 138 valence electrons. The van der Waals surface area contributed by atoms with Crippen molar-refractivity contribution in [2.75, 3.05) is 5.32 Å². The fraction of sp³-hybridized carbons (Fsp3) is 0.500. The molecule has 0 heterocycles. The largest absolute Gasteiger partial charge is 0.481 e. The van der Waals surface area contributed by atoms with E-state index in [9.17, 15) is 32.1 Å². The number of hydrogen-bond acceptors (Lipinski definition) is 6. The standard InChI is InChI=1S/C14H16F2N2O6S/c15-14(16)25(23,24)10-5-6-11(12(7-10)18(21)22)17-9-3-1-8(2-4-9)13(19)20/h5-9,14,17H,1-4H2,(H,19,20). The summed E-state index contributed by atoms with van der Waals surface area (Å²) in [5, 5.41) is 23.0. The van der Waals surface area contributed by atoms with Crippen molar-refractivity contribution in [2.24, 2.45) is 5.92 Å². The normalized spacial score (nSPS) is 21.1. The highest BCUT2D eigenvalue weighted by molar-refractivity contribution is 7.91. The fourth-order valence-corrected chi connectivity index (χ4v) is 3.51. The number of halogens is 2. The second kappa shape index (κ2) is 7.30. The summed E-state index contributed by atoms with van der Waals surface area (Å²) in [4.78, 5) is 20.4. The number of anilines is 1. The van der Waals surface area contributed by atoms with Gasteiger partial charge in [-0.15, -0.1) is 0 Å². The molecule has 0 unspecified atom stereocenters. The first-order valence-electron chi connectivity index (χ1n) is 7.42. The van der Waals surface area contributed by atoms with E-state index < -0.39 is 43.0 Å². The average molecular weight is 378 g/mol. The molecule has 2 N–H and O–H groups in total. The molecule has 0 spiro atoms. The number of hydrogen-bond donors (Lipinski definition) is 2. The minimum atomic E-state index is -4.93. The molecule has 0 bridgehead atoms. The van der Waals surface area contributed by atoms with Gasteiger partial charge in [0, 0.05) is 12.1 Å². The van der Waals surface area contributed by atoms with Crippen LogP contribution < -0.4 is 5.32 Å². The van der Waals surface area contributed by atoms with E-state index in [1.54, 1.807) is 0 Å². The van der Waals surface area contributed by atoms with Gasteiger partial charge in [-0.25, -0.2) is 8.42 Å². The highest BCUT2D eigenvalue weighted by Crippen LogP contribution is 2.33. The number of nitro groups is 1. The quantitative estimate of drug-likeness (QED) is 0.575. The van der Waals surface area contributed by atoms with Crippen molar-refractivity contribution in [2.45, 2.75) is 42.4 Å². The van der Waals surface area contributed by atoms with Crippen molar-refractivity contribution in [3.05, 3.63) is 28.3 Å². The van der Waals surface area contributed by atoms with Gasteiger partial charge in [0.15, 0.2) is 0 Å². The van der Waals surface area contributed by atoms with Gasteiger partial charge < -0.3 is 10.4 Å². The monoisotopic (exact) mass is 378 g/mol. The highest BCUT2D eigenvalue weighted by atomic mass is 32.2. The van der Waals surface area contributed by atoms with E-state index in [0.29, 0.717) is 31.7 Å². The number of carboxylic acids is 1. The Hall–Kier alpha value is -2.30. The smallest absolute Gasteiger partial charge is 0.341 e. The first-order chi connectivity index (χ1) is 11.6. The summed E-state index contributed by atoms with van der Waals surface area (Å²) in [6.45, 7) is 0. The Morgan fingerprint density at radius 2 is 1.88 bits per heavy atom. The number of aliphatic carboxylic acids is 1. The maximum Gasteiger partial charge on any atom is 0.341 e. The number of benzene rings is 1. The molecule has 0 aromatic heterocycles. The Morgan fingerprint density at radius 1 is 1.28 bits per heavy atom. The summed E-state index contributed by atoms with van der Waals surface area (Å²) in [5.41, 5.74) is -0.612. The molecular formula is C14H16F2N2O6S. The lowest BCUT2D eigenvalue weighted by atomic mass is 9.86. The minimum absolute atomic E-state index is 0.0111. The van der Waals surface area contributed by atoms with E-state index in [0.717, 1.165) is 12.1 Å². The van der Waals surface area contributed by atoms with Crippen LogP contribution in [0, 0.1) is 16.0 Å². The highest BCUT2D eigenvalue weighted by Gasteiger charge is 2.31. The predicted molar refractivity (Wildman–Crippen MR) is 83.3 cm³/mol. The van der Waals surface area contributed by atoms with Crippen molar-refractivity contribution < 1.29 is 32.0 Å². The van der Waals surface area contributed by atoms with Crippen LogP contribution in [-0.2, 0) is 14.6 Å². The van der Waals surface area contributed by atoms with Crippen molar-refractivity contribution in [1.82, 2.24) is 0 Å². The second-order valence-electron chi connectivity index (χ2n) is 5.77. The molecular weight excluding hydrogens is 362 g/mol. The third-order valence-corrected chi connectivity index (χ3v) is 5.55. The zero-order chi connectivity index (χ0) is 18.8. The molecule has 1 aliphatic rings. The van der Waals surface area contributed by atoms with Gasteiger partial charge in [0.05, 0.1) is 15.7 Å². The predicted octanol–water partition coefficient (Wildman–Crippen LogP) is 2.65. The van der Waals surface area contributed by atoms with Crippen LogP contribution in [0.1, 0.15) is 25.7 Å². The number of rotatable bonds is 6. The number of nitrogens with zero attached hydrogens (tertiary/aromatic N) is 1. The van der Waals surface area contributed by atoms with Gasteiger partial charge in [-0.2, -0.15) is 8.78 Å². The molecule has 11 heteroatoms. The lowest BCUT2D eigenvalue weighted by Crippen LogP contribution is -2.29. The molecule has 0 amide bonds.